The number of rotatable bonds is 16. The summed E-state index contributed by atoms with van der Waals surface area (Å²) in [5.74, 6) is -5.77. The van der Waals surface area contributed by atoms with Crippen LogP contribution in [0.2, 0.25) is 10.0 Å². The number of aliphatic hydroxyl groups excluding tert-OH is 1. The number of hydrogen-bond acceptors (Lipinski definition) is 3. The van der Waals surface area contributed by atoms with Crippen molar-refractivity contribution in [3.63, 3.8) is 0 Å². The number of aliphatic hydroxyl groups is 1. The van der Waals surface area contributed by atoms with E-state index in [1.807, 2.05) is 6.07 Å². The van der Waals surface area contributed by atoms with Crippen molar-refractivity contribution in [1.82, 2.24) is 0 Å². The number of ether oxygens (including phenoxy) is 2. The van der Waals surface area contributed by atoms with Gasteiger partial charge in [-0.05, 0) is 108 Å². The Bertz CT molecular complexity index is 2180. The van der Waals surface area contributed by atoms with Crippen LogP contribution in [-0.4, -0.2) is 17.0 Å². The molecule has 6 rings (SSSR count). The fourth-order valence-corrected chi connectivity index (χ4v) is 6.83. The highest BCUT2D eigenvalue weighted by molar-refractivity contribution is 9.09. The van der Waals surface area contributed by atoms with Gasteiger partial charge in [0, 0.05) is 46.7 Å². The molecular formula is C49H43BrCl2F6O3. The molecule has 0 heterocycles. The van der Waals surface area contributed by atoms with Gasteiger partial charge in [-0.25, -0.2) is 26.3 Å². The summed E-state index contributed by atoms with van der Waals surface area (Å²) in [6.07, 6.45) is -0.268. The van der Waals surface area contributed by atoms with E-state index in [4.69, 9.17) is 32.7 Å². The fraction of sp³-hybridized carbons (Fsp3) is 0.184. The van der Waals surface area contributed by atoms with Gasteiger partial charge < -0.3 is 14.6 Å². The third kappa shape index (κ3) is 14.6. The standard InChI is InChI=1S/C24H19BrClF3O.C24H20ClF3O2.CH4/c25-13-12-20(17-7-9-18(26)10-8-17)24(29)22(28)14-16-6-11-21(27)23(15-16)30-19-4-2-1-3-5-19;25-18-9-7-17(8-10-18)20(12-13-29)24(28)22(27)14-16-6-11-21(26)23(15-16)30-19-4-2-1-3-5-19;/h1-11,15,20H,12-14H2;1-11,15,20,29H,12-14H2;1H4/b2*24-22+;. The molecule has 0 saturated carbocycles. The van der Waals surface area contributed by atoms with Crippen LogP contribution in [0, 0.1) is 11.6 Å². The summed E-state index contributed by atoms with van der Waals surface area (Å²) in [6.45, 7) is -0.306. The number of hydrogen-bond donors (Lipinski definition) is 1. The van der Waals surface area contributed by atoms with E-state index in [1.54, 1.807) is 103 Å². The zero-order valence-electron chi connectivity index (χ0n) is 31.9. The number of para-hydroxylation sites is 2. The Morgan fingerprint density at radius 1 is 0.541 bits per heavy atom. The summed E-state index contributed by atoms with van der Waals surface area (Å²) >= 11 is 15.1. The van der Waals surface area contributed by atoms with Crippen molar-refractivity contribution in [1.29, 1.82) is 0 Å². The van der Waals surface area contributed by atoms with E-state index in [2.05, 4.69) is 15.9 Å². The molecule has 2 unspecified atom stereocenters. The quantitative estimate of drug-likeness (QED) is 0.0776. The van der Waals surface area contributed by atoms with Crippen LogP contribution in [0.15, 0.2) is 169 Å². The molecule has 2 atom stereocenters. The topological polar surface area (TPSA) is 38.7 Å². The molecule has 0 aromatic heterocycles. The highest BCUT2D eigenvalue weighted by atomic mass is 79.9. The molecule has 0 amide bonds. The minimum absolute atomic E-state index is 0. The lowest BCUT2D eigenvalue weighted by molar-refractivity contribution is 0.273. The number of benzene rings is 6. The molecule has 0 aliphatic heterocycles. The van der Waals surface area contributed by atoms with Crippen LogP contribution in [0.4, 0.5) is 26.3 Å². The van der Waals surface area contributed by atoms with Crippen LogP contribution < -0.4 is 9.47 Å². The van der Waals surface area contributed by atoms with Crippen molar-refractivity contribution in [2.75, 3.05) is 11.9 Å². The van der Waals surface area contributed by atoms with Crippen LogP contribution in [0.3, 0.4) is 0 Å². The first-order chi connectivity index (χ1) is 28.9. The first-order valence-corrected chi connectivity index (χ1v) is 20.6. The summed E-state index contributed by atoms with van der Waals surface area (Å²) in [5.41, 5.74) is 1.91. The SMILES string of the molecule is C.F/C(Cc1ccc(F)c(Oc2ccccc2)c1)=C(/F)C(CCBr)c1ccc(Cl)cc1.OCCC(/C(F)=C(\F)Cc1ccc(F)c(Oc2ccccc2)c1)c1ccc(Cl)cc1. The average Bonchev–Trinajstić information content (AvgIpc) is 3.25. The van der Waals surface area contributed by atoms with Gasteiger partial charge in [0.15, 0.2) is 23.1 Å². The fourth-order valence-electron chi connectivity index (χ4n) is 6.12. The summed E-state index contributed by atoms with van der Waals surface area (Å²) in [7, 11) is 0. The third-order valence-corrected chi connectivity index (χ3v) is 10.1. The number of allylic oxidation sites excluding steroid dienone is 4. The Balaban J connectivity index is 0.000000264. The van der Waals surface area contributed by atoms with E-state index in [1.165, 1.54) is 30.3 Å². The zero-order valence-corrected chi connectivity index (χ0v) is 35.0. The van der Waals surface area contributed by atoms with Crippen molar-refractivity contribution in [2.45, 2.75) is 44.9 Å². The lowest BCUT2D eigenvalue weighted by atomic mass is 9.93. The van der Waals surface area contributed by atoms with E-state index in [0.717, 1.165) is 6.07 Å². The van der Waals surface area contributed by atoms with Gasteiger partial charge >= 0.3 is 0 Å². The van der Waals surface area contributed by atoms with Gasteiger partial charge in [-0.3, -0.25) is 0 Å². The van der Waals surface area contributed by atoms with Gasteiger partial charge in [-0.1, -0.05) is 119 Å². The second-order valence-electron chi connectivity index (χ2n) is 13.4. The van der Waals surface area contributed by atoms with Crippen molar-refractivity contribution in [3.8, 4) is 23.0 Å². The monoisotopic (exact) mass is 942 g/mol. The van der Waals surface area contributed by atoms with Crippen molar-refractivity contribution in [2.24, 2.45) is 0 Å². The summed E-state index contributed by atoms with van der Waals surface area (Å²) < 4.78 is 98.7. The van der Waals surface area contributed by atoms with Gasteiger partial charge in [0.25, 0.3) is 0 Å². The molecule has 61 heavy (non-hydrogen) atoms. The molecular weight excluding hydrogens is 901 g/mol. The largest absolute Gasteiger partial charge is 0.454 e. The van der Waals surface area contributed by atoms with E-state index in [-0.39, 0.29) is 44.8 Å². The maximum atomic E-state index is 15.0. The van der Waals surface area contributed by atoms with Gasteiger partial charge in [0.1, 0.15) is 34.8 Å². The Labute approximate surface area is 371 Å². The molecule has 1 N–H and O–H groups in total. The normalized spacial score (nSPS) is 12.8. The average molecular weight is 945 g/mol. The van der Waals surface area contributed by atoms with Crippen LogP contribution >= 0.6 is 39.1 Å². The second kappa shape index (κ2) is 24.4. The van der Waals surface area contributed by atoms with Gasteiger partial charge in [-0.15, -0.1) is 0 Å². The van der Waals surface area contributed by atoms with Crippen molar-refractivity contribution in [3.05, 3.63) is 213 Å². The zero-order chi connectivity index (χ0) is 43.0. The van der Waals surface area contributed by atoms with Gasteiger partial charge in [0.2, 0.25) is 0 Å². The summed E-state index contributed by atoms with van der Waals surface area (Å²) in [4.78, 5) is 0. The maximum Gasteiger partial charge on any atom is 0.165 e. The van der Waals surface area contributed by atoms with Crippen LogP contribution in [0.5, 0.6) is 23.0 Å². The van der Waals surface area contributed by atoms with E-state index < -0.39 is 46.8 Å². The van der Waals surface area contributed by atoms with Gasteiger partial charge in [-0.2, -0.15) is 0 Å². The van der Waals surface area contributed by atoms with Crippen molar-refractivity contribution >= 4 is 39.1 Å². The molecule has 6 aromatic rings. The second-order valence-corrected chi connectivity index (χ2v) is 15.1. The van der Waals surface area contributed by atoms with Crippen LogP contribution in [0.25, 0.3) is 0 Å². The first-order valence-electron chi connectivity index (χ1n) is 18.7. The Morgan fingerprint density at radius 3 is 1.28 bits per heavy atom. The molecule has 0 bridgehead atoms. The van der Waals surface area contributed by atoms with E-state index in [0.29, 0.717) is 55.5 Å². The molecule has 0 radical (unpaired) electrons. The number of halogens is 9. The predicted octanol–water partition coefficient (Wildman–Crippen LogP) is 16.3. The highest BCUT2D eigenvalue weighted by Crippen LogP contribution is 2.36. The van der Waals surface area contributed by atoms with Gasteiger partial charge in [0.05, 0.1) is 0 Å². The molecule has 6 aromatic carbocycles. The first kappa shape index (κ1) is 48.7. The molecule has 0 aliphatic rings. The van der Waals surface area contributed by atoms with E-state index >= 15 is 0 Å². The number of alkyl halides is 1. The molecule has 3 nitrogen and oxygen atoms in total. The highest BCUT2D eigenvalue weighted by Gasteiger charge is 2.23. The molecule has 0 spiro atoms. The molecule has 0 fully saturated rings. The van der Waals surface area contributed by atoms with Crippen LogP contribution in [0.1, 0.15) is 54.4 Å². The molecule has 12 heteroatoms. The Kier molecular flexibility index (Phi) is 19.5. The lowest BCUT2D eigenvalue weighted by Gasteiger charge is -2.16. The van der Waals surface area contributed by atoms with E-state index in [9.17, 15) is 31.4 Å². The Morgan fingerprint density at radius 2 is 0.918 bits per heavy atom. The summed E-state index contributed by atoms with van der Waals surface area (Å²) in [5, 5.41) is 10.8. The minimum atomic E-state index is -0.985. The lowest BCUT2D eigenvalue weighted by Crippen LogP contribution is -2.05. The summed E-state index contributed by atoms with van der Waals surface area (Å²) in [6, 6.07) is 38.2. The predicted molar refractivity (Wildman–Crippen MR) is 237 cm³/mol. The Hall–Kier alpha value is -5.00. The third-order valence-electron chi connectivity index (χ3n) is 9.14. The minimum Gasteiger partial charge on any atom is -0.454 e. The molecule has 0 aliphatic carbocycles. The molecule has 320 valence electrons. The maximum absolute atomic E-state index is 15.0. The molecule has 0 saturated heterocycles. The van der Waals surface area contributed by atoms with Crippen LogP contribution in [-0.2, 0) is 12.8 Å². The van der Waals surface area contributed by atoms with Crippen molar-refractivity contribution < 1.29 is 40.9 Å². The smallest absolute Gasteiger partial charge is 0.165 e.